The molecule has 1 aromatic rings. The summed E-state index contributed by atoms with van der Waals surface area (Å²) >= 11 is 0. The highest BCUT2D eigenvalue weighted by Gasteiger charge is 2.18. The van der Waals surface area contributed by atoms with E-state index in [4.69, 9.17) is 0 Å². The molecule has 26 heavy (non-hydrogen) atoms. The Hall–Kier alpha value is -2.08. The largest absolute Gasteiger partial charge is 0.357 e. The lowest BCUT2D eigenvalue weighted by molar-refractivity contribution is -0.127. The number of benzene rings is 1. The predicted octanol–water partition coefficient (Wildman–Crippen LogP) is 1.82. The summed E-state index contributed by atoms with van der Waals surface area (Å²) < 4.78 is 0. The minimum Gasteiger partial charge on any atom is -0.357 e. The van der Waals surface area contributed by atoms with Crippen molar-refractivity contribution in [1.82, 2.24) is 20.4 Å². The number of carbonyl (C=O) groups excluding carboxylic acids is 1. The summed E-state index contributed by atoms with van der Waals surface area (Å²) in [6, 6.07) is 8.62. The number of rotatable bonds is 9. The van der Waals surface area contributed by atoms with Gasteiger partial charge in [-0.3, -0.25) is 4.79 Å². The molecule has 0 saturated carbocycles. The minimum atomic E-state index is 0.295. The van der Waals surface area contributed by atoms with Gasteiger partial charge in [-0.1, -0.05) is 24.3 Å². The van der Waals surface area contributed by atoms with E-state index in [2.05, 4.69) is 65.8 Å². The fourth-order valence-electron chi connectivity index (χ4n) is 3.04. The second-order valence-electron chi connectivity index (χ2n) is 7.01. The molecule has 6 heteroatoms. The maximum absolute atomic E-state index is 11.6. The molecule has 0 radical (unpaired) electrons. The SMILES string of the molecule is CCNC(=NCc1ccc(CN(C)C)cc1)NCCCN1CCCC1=O. The molecule has 144 valence electrons. The minimum absolute atomic E-state index is 0.295. The average Bonchev–Trinajstić information content (AvgIpc) is 3.02. The van der Waals surface area contributed by atoms with Gasteiger partial charge in [0.05, 0.1) is 6.54 Å². The van der Waals surface area contributed by atoms with E-state index in [-0.39, 0.29) is 0 Å². The highest BCUT2D eigenvalue weighted by atomic mass is 16.2. The Balaban J connectivity index is 1.77. The molecule has 6 nitrogen and oxygen atoms in total. The van der Waals surface area contributed by atoms with Gasteiger partial charge in [-0.25, -0.2) is 4.99 Å². The predicted molar refractivity (Wildman–Crippen MR) is 107 cm³/mol. The summed E-state index contributed by atoms with van der Waals surface area (Å²) in [7, 11) is 4.15. The normalized spacial score (nSPS) is 15.0. The van der Waals surface area contributed by atoms with Crippen LogP contribution in [-0.4, -0.2) is 61.9 Å². The monoisotopic (exact) mass is 359 g/mol. The van der Waals surface area contributed by atoms with E-state index >= 15 is 0 Å². The van der Waals surface area contributed by atoms with Crippen molar-refractivity contribution < 1.29 is 4.79 Å². The third kappa shape index (κ3) is 7.04. The molecule has 0 aliphatic carbocycles. The number of likely N-dealkylation sites (tertiary alicyclic amines) is 1. The lowest BCUT2D eigenvalue weighted by Crippen LogP contribution is -2.39. The zero-order chi connectivity index (χ0) is 18.8. The number of nitrogens with one attached hydrogen (secondary N) is 2. The topological polar surface area (TPSA) is 60.0 Å². The first-order valence-electron chi connectivity index (χ1n) is 9.61. The van der Waals surface area contributed by atoms with Crippen LogP contribution < -0.4 is 10.6 Å². The summed E-state index contributed by atoms with van der Waals surface area (Å²) in [5.41, 5.74) is 2.51. The van der Waals surface area contributed by atoms with Crippen molar-refractivity contribution >= 4 is 11.9 Å². The first-order valence-corrected chi connectivity index (χ1v) is 9.61. The third-order valence-electron chi connectivity index (χ3n) is 4.35. The molecule has 0 spiro atoms. The molecule has 1 heterocycles. The van der Waals surface area contributed by atoms with Gasteiger partial charge in [0, 0.05) is 39.1 Å². The number of nitrogens with zero attached hydrogens (tertiary/aromatic N) is 3. The summed E-state index contributed by atoms with van der Waals surface area (Å²) in [6.07, 6.45) is 2.66. The fraction of sp³-hybridized carbons (Fsp3) is 0.600. The van der Waals surface area contributed by atoms with Crippen LogP contribution in [0, 0.1) is 0 Å². The van der Waals surface area contributed by atoms with Crippen molar-refractivity contribution in [3.63, 3.8) is 0 Å². The van der Waals surface area contributed by atoms with Crippen LogP contribution in [0.2, 0.25) is 0 Å². The fourth-order valence-corrected chi connectivity index (χ4v) is 3.04. The molecule has 0 bridgehead atoms. The number of guanidine groups is 1. The molecular formula is C20H33N5O. The molecule has 0 aromatic heterocycles. The van der Waals surface area contributed by atoms with Gasteiger partial charge in [0.1, 0.15) is 0 Å². The van der Waals surface area contributed by atoms with Gasteiger partial charge in [0.25, 0.3) is 0 Å². The Morgan fingerprint density at radius 1 is 1.19 bits per heavy atom. The Bertz CT molecular complexity index is 582. The lowest BCUT2D eigenvalue weighted by Gasteiger charge is -2.16. The van der Waals surface area contributed by atoms with Crippen LogP contribution in [-0.2, 0) is 17.9 Å². The molecule has 0 atom stereocenters. The molecule has 1 fully saturated rings. The molecule has 1 aliphatic heterocycles. The maximum atomic E-state index is 11.6. The smallest absolute Gasteiger partial charge is 0.222 e. The van der Waals surface area contributed by atoms with Crippen molar-refractivity contribution in [2.24, 2.45) is 4.99 Å². The highest BCUT2D eigenvalue weighted by Crippen LogP contribution is 2.09. The molecule has 0 unspecified atom stereocenters. The number of aliphatic imine (C=N–C) groups is 1. The lowest BCUT2D eigenvalue weighted by atomic mass is 10.1. The van der Waals surface area contributed by atoms with Crippen molar-refractivity contribution in [2.75, 3.05) is 40.3 Å². The summed E-state index contributed by atoms with van der Waals surface area (Å²) in [5, 5.41) is 6.64. The molecule has 1 saturated heterocycles. The van der Waals surface area contributed by atoms with Gasteiger partial charge < -0.3 is 20.4 Å². The number of hydrogen-bond donors (Lipinski definition) is 2. The van der Waals surface area contributed by atoms with Gasteiger partial charge in [0.15, 0.2) is 5.96 Å². The van der Waals surface area contributed by atoms with E-state index in [0.717, 1.165) is 51.5 Å². The number of hydrogen-bond acceptors (Lipinski definition) is 3. The van der Waals surface area contributed by atoms with Gasteiger partial charge in [-0.05, 0) is 45.0 Å². The van der Waals surface area contributed by atoms with Crippen LogP contribution >= 0.6 is 0 Å². The van der Waals surface area contributed by atoms with Gasteiger partial charge in [-0.2, -0.15) is 0 Å². The van der Waals surface area contributed by atoms with Crippen LogP contribution in [0.15, 0.2) is 29.3 Å². The molecular weight excluding hydrogens is 326 g/mol. The summed E-state index contributed by atoms with van der Waals surface area (Å²) in [5.74, 6) is 1.13. The molecule has 1 amide bonds. The zero-order valence-corrected chi connectivity index (χ0v) is 16.4. The van der Waals surface area contributed by atoms with Crippen molar-refractivity contribution in [3.8, 4) is 0 Å². The van der Waals surface area contributed by atoms with Crippen LogP contribution in [0.1, 0.15) is 37.3 Å². The Morgan fingerprint density at radius 2 is 1.92 bits per heavy atom. The van der Waals surface area contributed by atoms with Crippen LogP contribution in [0.25, 0.3) is 0 Å². The van der Waals surface area contributed by atoms with Crippen molar-refractivity contribution in [1.29, 1.82) is 0 Å². The Labute approximate surface area is 157 Å². The quantitative estimate of drug-likeness (QED) is 0.401. The van der Waals surface area contributed by atoms with E-state index in [0.29, 0.717) is 18.9 Å². The standard InChI is InChI=1S/C20H33N5O/c1-4-21-20(22-12-6-14-25-13-5-7-19(25)26)23-15-17-8-10-18(11-9-17)16-24(2)3/h8-11H,4-7,12-16H2,1-3H3,(H2,21,22,23). The second kappa shape index (κ2) is 10.8. The second-order valence-corrected chi connectivity index (χ2v) is 7.01. The highest BCUT2D eigenvalue weighted by molar-refractivity contribution is 5.79. The van der Waals surface area contributed by atoms with Gasteiger partial charge >= 0.3 is 0 Å². The van der Waals surface area contributed by atoms with Crippen LogP contribution in [0.4, 0.5) is 0 Å². The van der Waals surface area contributed by atoms with E-state index in [9.17, 15) is 4.79 Å². The third-order valence-corrected chi connectivity index (χ3v) is 4.35. The molecule has 1 aliphatic rings. The van der Waals surface area contributed by atoms with E-state index < -0.39 is 0 Å². The number of carbonyl (C=O) groups is 1. The van der Waals surface area contributed by atoms with Crippen LogP contribution in [0.5, 0.6) is 0 Å². The zero-order valence-electron chi connectivity index (χ0n) is 16.4. The molecule has 2 N–H and O–H groups in total. The summed E-state index contributed by atoms with van der Waals surface area (Å²) in [6.45, 7) is 7.07. The summed E-state index contributed by atoms with van der Waals surface area (Å²) in [4.78, 5) is 20.4. The van der Waals surface area contributed by atoms with E-state index in [1.54, 1.807) is 0 Å². The van der Waals surface area contributed by atoms with Gasteiger partial charge in [0.2, 0.25) is 5.91 Å². The number of amides is 1. The maximum Gasteiger partial charge on any atom is 0.222 e. The first-order chi connectivity index (χ1) is 12.6. The Kier molecular flexibility index (Phi) is 8.41. The van der Waals surface area contributed by atoms with E-state index in [1.165, 1.54) is 11.1 Å². The van der Waals surface area contributed by atoms with Crippen molar-refractivity contribution in [3.05, 3.63) is 35.4 Å². The average molecular weight is 360 g/mol. The molecule has 1 aromatic carbocycles. The van der Waals surface area contributed by atoms with E-state index in [1.807, 2.05) is 4.90 Å². The first kappa shape index (κ1) is 20.2. The molecule has 2 rings (SSSR count). The van der Waals surface area contributed by atoms with Gasteiger partial charge in [-0.15, -0.1) is 0 Å². The van der Waals surface area contributed by atoms with Crippen molar-refractivity contribution in [2.45, 2.75) is 39.3 Å². The van der Waals surface area contributed by atoms with Crippen LogP contribution in [0.3, 0.4) is 0 Å². The Morgan fingerprint density at radius 3 is 2.54 bits per heavy atom.